The molecule has 0 aliphatic rings. The van der Waals surface area contributed by atoms with Crippen LogP contribution >= 0.6 is 0 Å². The zero-order valence-electron chi connectivity index (χ0n) is 12.4. The molecule has 3 aromatic rings. The molecular formula is C21H19N. The molecule has 0 atom stereocenters. The molecule has 108 valence electrons. The van der Waals surface area contributed by atoms with Gasteiger partial charge in [0.2, 0.25) is 0 Å². The van der Waals surface area contributed by atoms with Crippen LogP contribution in [0.2, 0.25) is 0 Å². The number of nitrogens with one attached hydrogen (secondary N) is 1. The van der Waals surface area contributed by atoms with E-state index in [1.165, 1.54) is 16.7 Å². The van der Waals surface area contributed by atoms with E-state index in [4.69, 9.17) is 0 Å². The van der Waals surface area contributed by atoms with Crippen LogP contribution in [0.15, 0.2) is 84.9 Å². The number of hydrogen-bond acceptors (Lipinski definition) is 1. The number of para-hydroxylation sites is 1. The zero-order valence-corrected chi connectivity index (χ0v) is 12.4. The second-order valence-corrected chi connectivity index (χ2v) is 5.17. The molecule has 0 amide bonds. The quantitative estimate of drug-likeness (QED) is 0.613. The second-order valence-electron chi connectivity index (χ2n) is 5.17. The summed E-state index contributed by atoms with van der Waals surface area (Å²) in [5.74, 6) is 0. The van der Waals surface area contributed by atoms with Gasteiger partial charge in [-0.15, -0.1) is 0 Å². The number of rotatable bonds is 5. The van der Waals surface area contributed by atoms with Crippen molar-refractivity contribution >= 4 is 17.8 Å². The molecule has 1 nitrogen and oxygen atoms in total. The van der Waals surface area contributed by atoms with Gasteiger partial charge in [0.05, 0.1) is 0 Å². The topological polar surface area (TPSA) is 12.0 Å². The maximum Gasteiger partial charge on any atom is 0.0416 e. The average Bonchev–Trinajstić information content (AvgIpc) is 2.61. The van der Waals surface area contributed by atoms with Crippen molar-refractivity contribution in [1.29, 1.82) is 0 Å². The third-order valence-electron chi connectivity index (χ3n) is 3.54. The maximum absolute atomic E-state index is 3.51. The summed E-state index contributed by atoms with van der Waals surface area (Å²) in [4.78, 5) is 0. The Bertz CT molecular complexity index is 730. The van der Waals surface area contributed by atoms with Crippen LogP contribution in [0.25, 0.3) is 12.2 Å². The molecule has 0 aliphatic carbocycles. The van der Waals surface area contributed by atoms with Crippen molar-refractivity contribution in [3.8, 4) is 0 Å². The van der Waals surface area contributed by atoms with Gasteiger partial charge in [0.1, 0.15) is 0 Å². The van der Waals surface area contributed by atoms with E-state index in [0.717, 1.165) is 12.2 Å². The molecule has 0 bridgehead atoms. The summed E-state index contributed by atoms with van der Waals surface area (Å²) in [6.45, 7) is 0.830. The molecule has 0 radical (unpaired) electrons. The minimum atomic E-state index is 0.830. The van der Waals surface area contributed by atoms with Gasteiger partial charge in [-0.1, -0.05) is 91.0 Å². The molecule has 1 N–H and O–H groups in total. The molecule has 1 heteroatoms. The zero-order chi connectivity index (χ0) is 15.0. The second kappa shape index (κ2) is 7.28. The fourth-order valence-corrected chi connectivity index (χ4v) is 2.35. The van der Waals surface area contributed by atoms with Gasteiger partial charge < -0.3 is 5.32 Å². The van der Waals surface area contributed by atoms with Crippen LogP contribution in [0.3, 0.4) is 0 Å². The highest BCUT2D eigenvalue weighted by Crippen LogP contribution is 2.19. The van der Waals surface area contributed by atoms with E-state index in [-0.39, 0.29) is 0 Å². The molecule has 0 fully saturated rings. The third kappa shape index (κ3) is 3.86. The predicted octanol–water partition coefficient (Wildman–Crippen LogP) is 5.47. The summed E-state index contributed by atoms with van der Waals surface area (Å²) in [6.07, 6.45) is 4.30. The first-order valence-electron chi connectivity index (χ1n) is 7.52. The molecule has 0 aromatic heterocycles. The largest absolute Gasteiger partial charge is 0.380 e. The molecule has 0 aliphatic heterocycles. The van der Waals surface area contributed by atoms with Gasteiger partial charge in [0, 0.05) is 12.2 Å². The summed E-state index contributed by atoms with van der Waals surface area (Å²) in [5.41, 5.74) is 4.84. The van der Waals surface area contributed by atoms with Gasteiger partial charge in [0.15, 0.2) is 0 Å². The molecule has 22 heavy (non-hydrogen) atoms. The summed E-state index contributed by atoms with van der Waals surface area (Å²) in [6, 6.07) is 29.2. The predicted molar refractivity (Wildman–Crippen MR) is 95.6 cm³/mol. The Morgan fingerprint density at radius 2 is 1.27 bits per heavy atom. The Hall–Kier alpha value is -2.80. The first-order chi connectivity index (χ1) is 10.9. The lowest BCUT2D eigenvalue weighted by Gasteiger charge is -2.09. The van der Waals surface area contributed by atoms with Crippen LogP contribution in [0, 0.1) is 0 Å². The minimum Gasteiger partial charge on any atom is -0.380 e. The smallest absolute Gasteiger partial charge is 0.0416 e. The Balaban J connectivity index is 1.74. The van der Waals surface area contributed by atoms with E-state index in [0.29, 0.717) is 0 Å². The SMILES string of the molecule is C(=C\c1ccccc1NCc1ccccc1)/c1ccccc1. The van der Waals surface area contributed by atoms with E-state index in [1.54, 1.807) is 0 Å². The van der Waals surface area contributed by atoms with Crippen LogP contribution in [0.4, 0.5) is 5.69 Å². The van der Waals surface area contributed by atoms with Gasteiger partial charge >= 0.3 is 0 Å². The lowest BCUT2D eigenvalue weighted by atomic mass is 10.1. The third-order valence-corrected chi connectivity index (χ3v) is 3.54. The van der Waals surface area contributed by atoms with Gasteiger partial charge in [-0.3, -0.25) is 0 Å². The summed E-state index contributed by atoms with van der Waals surface area (Å²) < 4.78 is 0. The molecular weight excluding hydrogens is 266 g/mol. The molecule has 3 rings (SSSR count). The highest BCUT2D eigenvalue weighted by atomic mass is 14.9. The highest BCUT2D eigenvalue weighted by molar-refractivity contribution is 5.76. The standard InChI is InChI=1S/C21H19N/c1-3-9-18(10-4-1)15-16-20-13-7-8-14-21(20)22-17-19-11-5-2-6-12-19/h1-16,22H,17H2/b16-15+. The van der Waals surface area contributed by atoms with Crippen LogP contribution in [-0.2, 0) is 6.54 Å². The van der Waals surface area contributed by atoms with Crippen molar-refractivity contribution in [1.82, 2.24) is 0 Å². The van der Waals surface area contributed by atoms with Crippen LogP contribution in [0.5, 0.6) is 0 Å². The lowest BCUT2D eigenvalue weighted by Crippen LogP contribution is -2.00. The average molecular weight is 285 g/mol. The lowest BCUT2D eigenvalue weighted by molar-refractivity contribution is 1.15. The number of hydrogen-bond donors (Lipinski definition) is 1. The van der Waals surface area contributed by atoms with E-state index >= 15 is 0 Å². The van der Waals surface area contributed by atoms with Gasteiger partial charge in [-0.25, -0.2) is 0 Å². The Labute approximate surface area is 132 Å². The van der Waals surface area contributed by atoms with Gasteiger partial charge in [-0.05, 0) is 22.8 Å². The molecule has 0 saturated carbocycles. The van der Waals surface area contributed by atoms with Crippen molar-refractivity contribution in [3.63, 3.8) is 0 Å². The van der Waals surface area contributed by atoms with E-state index in [9.17, 15) is 0 Å². The van der Waals surface area contributed by atoms with Crippen molar-refractivity contribution in [2.24, 2.45) is 0 Å². The number of benzene rings is 3. The van der Waals surface area contributed by atoms with Crippen molar-refractivity contribution in [2.75, 3.05) is 5.32 Å². The van der Waals surface area contributed by atoms with Crippen LogP contribution in [-0.4, -0.2) is 0 Å². The van der Waals surface area contributed by atoms with E-state index in [2.05, 4.69) is 90.3 Å². The fraction of sp³-hybridized carbons (Fsp3) is 0.0476. The van der Waals surface area contributed by atoms with Gasteiger partial charge in [-0.2, -0.15) is 0 Å². The van der Waals surface area contributed by atoms with Crippen LogP contribution < -0.4 is 5.32 Å². The molecule has 3 aromatic carbocycles. The fourth-order valence-electron chi connectivity index (χ4n) is 2.35. The van der Waals surface area contributed by atoms with Crippen LogP contribution in [0.1, 0.15) is 16.7 Å². The van der Waals surface area contributed by atoms with Crippen molar-refractivity contribution in [3.05, 3.63) is 102 Å². The maximum atomic E-state index is 3.51. The summed E-state index contributed by atoms with van der Waals surface area (Å²) in [5, 5.41) is 3.51. The Morgan fingerprint density at radius 1 is 0.636 bits per heavy atom. The van der Waals surface area contributed by atoms with Crippen molar-refractivity contribution < 1.29 is 0 Å². The molecule has 0 unspecified atom stereocenters. The Kier molecular flexibility index (Phi) is 4.68. The molecule has 0 saturated heterocycles. The first kappa shape index (κ1) is 14.2. The van der Waals surface area contributed by atoms with E-state index in [1.807, 2.05) is 12.1 Å². The van der Waals surface area contributed by atoms with E-state index < -0.39 is 0 Å². The Morgan fingerprint density at radius 3 is 2.05 bits per heavy atom. The summed E-state index contributed by atoms with van der Waals surface area (Å²) >= 11 is 0. The summed E-state index contributed by atoms with van der Waals surface area (Å²) in [7, 11) is 0. The minimum absolute atomic E-state index is 0.830. The number of anilines is 1. The van der Waals surface area contributed by atoms with Gasteiger partial charge in [0.25, 0.3) is 0 Å². The van der Waals surface area contributed by atoms with Crippen molar-refractivity contribution in [2.45, 2.75) is 6.54 Å². The molecule has 0 spiro atoms. The highest BCUT2D eigenvalue weighted by Gasteiger charge is 1.98. The normalized spacial score (nSPS) is 10.7. The first-order valence-corrected chi connectivity index (χ1v) is 7.52. The molecule has 0 heterocycles. The monoisotopic (exact) mass is 285 g/mol.